The Morgan fingerprint density at radius 2 is 2.00 bits per heavy atom. The third kappa shape index (κ3) is 3.62. The number of aromatic nitrogens is 1. The van der Waals surface area contributed by atoms with E-state index in [2.05, 4.69) is 9.88 Å². The van der Waals surface area contributed by atoms with Gasteiger partial charge >= 0.3 is 0 Å². The van der Waals surface area contributed by atoms with Gasteiger partial charge in [0.15, 0.2) is 5.13 Å². The van der Waals surface area contributed by atoms with E-state index in [4.69, 9.17) is 9.47 Å². The molecule has 1 aromatic carbocycles. The number of hydrogen-bond donors (Lipinski definition) is 0. The molecule has 6 nitrogen and oxygen atoms in total. The third-order valence-corrected chi connectivity index (χ3v) is 4.99. The summed E-state index contributed by atoms with van der Waals surface area (Å²) in [4.78, 5) is 21.1. The number of anilines is 1. The maximum absolute atomic E-state index is 12.6. The smallest absolute Gasteiger partial charge is 0.227 e. The van der Waals surface area contributed by atoms with Gasteiger partial charge in [0.2, 0.25) is 5.91 Å². The standard InChI is InChI=1S/C17H21N3O3S/c1-22-14-4-3-13(15(12-14)23-2)11-16(21)19-6-8-20(9-7-19)17-18-5-10-24-17/h3-5,10,12H,6-9,11H2,1-2H3. The van der Waals surface area contributed by atoms with Crippen molar-refractivity contribution in [2.24, 2.45) is 0 Å². The summed E-state index contributed by atoms with van der Waals surface area (Å²) in [6, 6.07) is 5.55. The number of nitrogens with zero attached hydrogens (tertiary/aromatic N) is 3. The predicted octanol–water partition coefficient (Wildman–Crippen LogP) is 2.05. The molecular formula is C17H21N3O3S. The van der Waals surface area contributed by atoms with Gasteiger partial charge in [-0.3, -0.25) is 4.79 Å². The molecule has 0 aliphatic carbocycles. The average molecular weight is 347 g/mol. The van der Waals surface area contributed by atoms with Crippen LogP contribution < -0.4 is 14.4 Å². The Morgan fingerprint density at radius 3 is 2.62 bits per heavy atom. The SMILES string of the molecule is COc1ccc(CC(=O)N2CCN(c3nccs3)CC2)c(OC)c1. The quantitative estimate of drug-likeness (QED) is 0.829. The summed E-state index contributed by atoms with van der Waals surface area (Å²) in [7, 11) is 3.22. The van der Waals surface area contributed by atoms with Crippen molar-refractivity contribution in [3.8, 4) is 11.5 Å². The van der Waals surface area contributed by atoms with Crippen molar-refractivity contribution in [3.05, 3.63) is 35.3 Å². The molecule has 0 N–H and O–H groups in total. The molecule has 2 aromatic rings. The van der Waals surface area contributed by atoms with Gasteiger partial charge in [-0.15, -0.1) is 11.3 Å². The maximum Gasteiger partial charge on any atom is 0.227 e. The molecule has 0 atom stereocenters. The van der Waals surface area contributed by atoms with Crippen molar-refractivity contribution >= 4 is 22.4 Å². The van der Waals surface area contributed by atoms with Crippen LogP contribution in [-0.4, -0.2) is 56.2 Å². The highest BCUT2D eigenvalue weighted by molar-refractivity contribution is 7.13. The number of hydrogen-bond acceptors (Lipinski definition) is 6. The topological polar surface area (TPSA) is 54.9 Å². The van der Waals surface area contributed by atoms with Gasteiger partial charge in [0, 0.05) is 49.4 Å². The first-order valence-corrected chi connectivity index (χ1v) is 8.72. The summed E-state index contributed by atoms with van der Waals surface area (Å²) < 4.78 is 10.6. The Balaban J connectivity index is 1.60. The molecule has 24 heavy (non-hydrogen) atoms. The highest BCUT2D eigenvalue weighted by Gasteiger charge is 2.23. The predicted molar refractivity (Wildman–Crippen MR) is 94.2 cm³/mol. The average Bonchev–Trinajstić information content (AvgIpc) is 3.16. The van der Waals surface area contributed by atoms with E-state index in [1.807, 2.05) is 34.7 Å². The number of ether oxygens (including phenoxy) is 2. The summed E-state index contributed by atoms with van der Waals surface area (Å²) in [5, 5.41) is 3.00. The van der Waals surface area contributed by atoms with Gasteiger partial charge in [-0.2, -0.15) is 0 Å². The van der Waals surface area contributed by atoms with E-state index >= 15 is 0 Å². The number of amides is 1. The van der Waals surface area contributed by atoms with Crippen molar-refractivity contribution < 1.29 is 14.3 Å². The maximum atomic E-state index is 12.6. The summed E-state index contributed by atoms with van der Waals surface area (Å²) in [6.07, 6.45) is 2.15. The van der Waals surface area contributed by atoms with Crippen molar-refractivity contribution in [2.75, 3.05) is 45.3 Å². The summed E-state index contributed by atoms with van der Waals surface area (Å²) >= 11 is 1.63. The van der Waals surface area contributed by atoms with Crippen LogP contribution in [0.3, 0.4) is 0 Å². The minimum atomic E-state index is 0.122. The molecule has 7 heteroatoms. The highest BCUT2D eigenvalue weighted by Crippen LogP contribution is 2.26. The van der Waals surface area contributed by atoms with E-state index in [0.717, 1.165) is 42.6 Å². The number of carbonyl (C=O) groups excluding carboxylic acids is 1. The van der Waals surface area contributed by atoms with Gasteiger partial charge in [-0.1, -0.05) is 6.07 Å². The molecule has 1 saturated heterocycles. The number of thiazole rings is 1. The van der Waals surface area contributed by atoms with Gasteiger partial charge in [0.1, 0.15) is 11.5 Å². The van der Waals surface area contributed by atoms with Crippen LogP contribution in [0.25, 0.3) is 0 Å². The first kappa shape index (κ1) is 16.6. The minimum Gasteiger partial charge on any atom is -0.497 e. The van der Waals surface area contributed by atoms with Crippen LogP contribution in [0, 0.1) is 0 Å². The van der Waals surface area contributed by atoms with Crippen LogP contribution in [-0.2, 0) is 11.2 Å². The van der Waals surface area contributed by atoms with E-state index in [1.165, 1.54) is 0 Å². The fraction of sp³-hybridized carbons (Fsp3) is 0.412. The number of piperazine rings is 1. The van der Waals surface area contributed by atoms with Gasteiger partial charge in [-0.05, 0) is 6.07 Å². The molecule has 1 aromatic heterocycles. The normalized spacial score (nSPS) is 14.6. The Hall–Kier alpha value is -2.28. The number of methoxy groups -OCH3 is 2. The molecule has 3 rings (SSSR count). The second kappa shape index (κ2) is 7.53. The lowest BCUT2D eigenvalue weighted by atomic mass is 10.1. The van der Waals surface area contributed by atoms with Crippen molar-refractivity contribution in [1.82, 2.24) is 9.88 Å². The van der Waals surface area contributed by atoms with Crippen LogP contribution in [0.2, 0.25) is 0 Å². The van der Waals surface area contributed by atoms with E-state index in [1.54, 1.807) is 25.6 Å². The highest BCUT2D eigenvalue weighted by atomic mass is 32.1. The minimum absolute atomic E-state index is 0.122. The zero-order valence-electron chi connectivity index (χ0n) is 13.9. The lowest BCUT2D eigenvalue weighted by molar-refractivity contribution is -0.130. The largest absolute Gasteiger partial charge is 0.497 e. The number of rotatable bonds is 5. The van der Waals surface area contributed by atoms with Crippen molar-refractivity contribution in [1.29, 1.82) is 0 Å². The Bertz CT molecular complexity index is 682. The first-order chi connectivity index (χ1) is 11.7. The zero-order chi connectivity index (χ0) is 16.9. The van der Waals surface area contributed by atoms with Crippen LogP contribution in [0.4, 0.5) is 5.13 Å². The Morgan fingerprint density at radius 1 is 1.21 bits per heavy atom. The lowest BCUT2D eigenvalue weighted by Gasteiger charge is -2.34. The molecular weight excluding hydrogens is 326 g/mol. The molecule has 1 fully saturated rings. The Kier molecular flexibility index (Phi) is 5.20. The second-order valence-electron chi connectivity index (χ2n) is 5.54. The van der Waals surface area contributed by atoms with Gasteiger partial charge in [-0.25, -0.2) is 4.98 Å². The summed E-state index contributed by atoms with van der Waals surface area (Å²) in [5.74, 6) is 1.53. The van der Waals surface area contributed by atoms with Crippen molar-refractivity contribution in [3.63, 3.8) is 0 Å². The molecule has 128 valence electrons. The first-order valence-electron chi connectivity index (χ1n) is 7.84. The summed E-state index contributed by atoms with van der Waals surface area (Å²) in [5.41, 5.74) is 0.880. The Labute approximate surface area is 145 Å². The van der Waals surface area contributed by atoms with Crippen LogP contribution in [0.1, 0.15) is 5.56 Å². The fourth-order valence-corrected chi connectivity index (χ4v) is 3.49. The molecule has 1 aliphatic rings. The number of carbonyl (C=O) groups is 1. The summed E-state index contributed by atoms with van der Waals surface area (Å²) in [6.45, 7) is 3.08. The molecule has 0 radical (unpaired) electrons. The molecule has 0 bridgehead atoms. The molecule has 0 unspecified atom stereocenters. The van der Waals surface area contributed by atoms with E-state index in [-0.39, 0.29) is 5.91 Å². The van der Waals surface area contributed by atoms with E-state index < -0.39 is 0 Å². The van der Waals surface area contributed by atoms with Gasteiger partial charge in [0.25, 0.3) is 0 Å². The lowest BCUT2D eigenvalue weighted by Crippen LogP contribution is -2.49. The van der Waals surface area contributed by atoms with Crippen LogP contribution in [0.15, 0.2) is 29.8 Å². The molecule has 2 heterocycles. The van der Waals surface area contributed by atoms with E-state index in [0.29, 0.717) is 12.2 Å². The van der Waals surface area contributed by atoms with Gasteiger partial charge in [0.05, 0.1) is 20.6 Å². The number of benzene rings is 1. The molecule has 1 aliphatic heterocycles. The molecule has 1 amide bonds. The third-order valence-electron chi connectivity index (χ3n) is 4.16. The fourth-order valence-electron chi connectivity index (χ4n) is 2.79. The van der Waals surface area contributed by atoms with E-state index in [9.17, 15) is 4.79 Å². The second-order valence-corrected chi connectivity index (χ2v) is 6.41. The van der Waals surface area contributed by atoms with Crippen LogP contribution in [0.5, 0.6) is 11.5 Å². The van der Waals surface area contributed by atoms with Crippen LogP contribution >= 0.6 is 11.3 Å². The van der Waals surface area contributed by atoms with Gasteiger partial charge < -0.3 is 19.3 Å². The molecule has 0 spiro atoms. The monoisotopic (exact) mass is 347 g/mol. The molecule has 0 saturated carbocycles. The van der Waals surface area contributed by atoms with Crippen molar-refractivity contribution in [2.45, 2.75) is 6.42 Å². The zero-order valence-corrected chi connectivity index (χ0v) is 14.7.